The van der Waals surface area contributed by atoms with E-state index in [1.807, 2.05) is 30.3 Å². The number of hydrogen-bond donors (Lipinski definition) is 0. The molecule has 3 aromatic carbocycles. The fraction of sp³-hybridized carbons (Fsp3) is 0.105. The van der Waals surface area contributed by atoms with Gasteiger partial charge in [-0.2, -0.15) is 0 Å². The van der Waals surface area contributed by atoms with Crippen LogP contribution in [-0.2, 0) is 9.53 Å². The minimum absolute atomic E-state index is 0.298. The fourth-order valence-electron chi connectivity index (χ4n) is 2.57. The molecule has 2 nitrogen and oxygen atoms in total. The number of esters is 1. The summed E-state index contributed by atoms with van der Waals surface area (Å²) in [5.41, 5.74) is 1.62. The lowest BCUT2D eigenvalue weighted by atomic mass is 9.98. The maximum atomic E-state index is 11.6. The van der Waals surface area contributed by atoms with E-state index >= 15 is 0 Å². The first-order chi connectivity index (χ1) is 10.2. The van der Waals surface area contributed by atoms with Crippen LogP contribution in [0.25, 0.3) is 27.6 Å². The zero-order valence-electron chi connectivity index (χ0n) is 12.1. The number of hydrogen-bond acceptors (Lipinski definition) is 2. The van der Waals surface area contributed by atoms with Crippen molar-refractivity contribution >= 4 is 33.6 Å². The molecule has 0 saturated heterocycles. The van der Waals surface area contributed by atoms with Gasteiger partial charge < -0.3 is 4.74 Å². The highest BCUT2D eigenvalue weighted by molar-refractivity contribution is 6.03. The Morgan fingerprint density at radius 3 is 2.33 bits per heavy atom. The maximum absolute atomic E-state index is 11.6. The van der Waals surface area contributed by atoms with Crippen LogP contribution in [0.5, 0.6) is 0 Å². The van der Waals surface area contributed by atoms with Gasteiger partial charge in [0.25, 0.3) is 0 Å². The average molecular weight is 276 g/mol. The third-order valence-corrected chi connectivity index (χ3v) is 3.66. The molecule has 0 aliphatic heterocycles. The van der Waals surface area contributed by atoms with E-state index in [0.717, 1.165) is 10.9 Å². The molecule has 0 amide bonds. The third-order valence-electron chi connectivity index (χ3n) is 3.66. The van der Waals surface area contributed by atoms with Gasteiger partial charge in [0.05, 0.1) is 7.11 Å². The second-order valence-electron chi connectivity index (χ2n) is 5.09. The molecule has 0 unspecified atom stereocenters. The zero-order valence-corrected chi connectivity index (χ0v) is 12.1. The molecule has 0 aliphatic rings. The molecule has 0 radical (unpaired) electrons. The van der Waals surface area contributed by atoms with Gasteiger partial charge in [0.15, 0.2) is 0 Å². The van der Waals surface area contributed by atoms with E-state index in [1.165, 1.54) is 23.3 Å². The molecule has 0 heterocycles. The monoisotopic (exact) mass is 276 g/mol. The third kappa shape index (κ3) is 2.52. The van der Waals surface area contributed by atoms with E-state index in [9.17, 15) is 4.79 Å². The highest BCUT2D eigenvalue weighted by atomic mass is 16.5. The number of methoxy groups -OCH3 is 1. The predicted molar refractivity (Wildman–Crippen MR) is 87.1 cm³/mol. The average Bonchev–Trinajstić information content (AvgIpc) is 2.52. The normalized spacial score (nSPS) is 11.8. The number of carbonyl (C=O) groups is 1. The summed E-state index contributed by atoms with van der Waals surface area (Å²) in [6, 6.07) is 18.7. The van der Waals surface area contributed by atoms with Gasteiger partial charge in [0.2, 0.25) is 0 Å². The Hall–Kier alpha value is -2.61. The quantitative estimate of drug-likeness (QED) is 0.389. The summed E-state index contributed by atoms with van der Waals surface area (Å²) in [4.78, 5) is 11.6. The molecule has 0 aliphatic carbocycles. The summed E-state index contributed by atoms with van der Waals surface area (Å²) >= 11 is 0. The zero-order chi connectivity index (χ0) is 14.8. The van der Waals surface area contributed by atoms with Crippen molar-refractivity contribution in [2.45, 2.75) is 6.92 Å². The van der Waals surface area contributed by atoms with Crippen LogP contribution >= 0.6 is 0 Å². The van der Waals surface area contributed by atoms with Crippen LogP contribution in [0.15, 0.2) is 60.2 Å². The Kier molecular flexibility index (Phi) is 3.44. The van der Waals surface area contributed by atoms with Gasteiger partial charge in [0.1, 0.15) is 0 Å². The Bertz CT molecular complexity index is 860. The molecule has 3 aromatic rings. The molecule has 0 atom stereocenters. The van der Waals surface area contributed by atoms with E-state index < -0.39 is 0 Å². The van der Waals surface area contributed by atoms with Crippen molar-refractivity contribution in [1.82, 2.24) is 0 Å². The molecule has 2 heteroatoms. The van der Waals surface area contributed by atoms with Gasteiger partial charge in [-0.05, 0) is 52.2 Å². The van der Waals surface area contributed by atoms with Crippen molar-refractivity contribution in [2.24, 2.45) is 0 Å². The first kappa shape index (κ1) is 13.4. The Balaban J connectivity index is 2.24. The number of fused-ring (bicyclic) bond motifs is 2. The number of ether oxygens (including phenoxy) is 1. The van der Waals surface area contributed by atoms with Crippen molar-refractivity contribution in [2.75, 3.05) is 7.11 Å². The minimum Gasteiger partial charge on any atom is -0.466 e. The predicted octanol–water partition coefficient (Wildman–Crippen LogP) is 4.57. The smallest absolute Gasteiger partial charge is 0.333 e. The van der Waals surface area contributed by atoms with E-state index in [1.54, 1.807) is 6.92 Å². The summed E-state index contributed by atoms with van der Waals surface area (Å²) in [5.74, 6) is -0.298. The van der Waals surface area contributed by atoms with Crippen LogP contribution in [-0.4, -0.2) is 13.1 Å². The molecule has 0 aromatic heterocycles. The molecule has 21 heavy (non-hydrogen) atoms. The first-order valence-electron chi connectivity index (χ1n) is 6.87. The van der Waals surface area contributed by atoms with E-state index in [0.29, 0.717) is 5.57 Å². The summed E-state index contributed by atoms with van der Waals surface area (Å²) in [7, 11) is 1.40. The van der Waals surface area contributed by atoms with E-state index in [2.05, 4.69) is 30.3 Å². The second kappa shape index (κ2) is 5.41. The van der Waals surface area contributed by atoms with Crippen molar-refractivity contribution in [1.29, 1.82) is 0 Å². The number of rotatable bonds is 2. The first-order valence-corrected chi connectivity index (χ1v) is 6.87. The van der Waals surface area contributed by atoms with Gasteiger partial charge >= 0.3 is 5.97 Å². The van der Waals surface area contributed by atoms with Gasteiger partial charge in [0, 0.05) is 5.57 Å². The molecular formula is C19H16O2. The maximum Gasteiger partial charge on any atom is 0.333 e. The molecular weight excluding hydrogens is 260 g/mol. The summed E-state index contributed by atoms with van der Waals surface area (Å²) in [6.45, 7) is 1.77. The van der Waals surface area contributed by atoms with E-state index in [-0.39, 0.29) is 5.97 Å². The Morgan fingerprint density at radius 2 is 1.62 bits per heavy atom. The number of carbonyl (C=O) groups excluding carboxylic acids is 1. The largest absolute Gasteiger partial charge is 0.466 e. The lowest BCUT2D eigenvalue weighted by Crippen LogP contribution is -2.01. The number of benzene rings is 3. The van der Waals surface area contributed by atoms with Crippen molar-refractivity contribution < 1.29 is 9.53 Å². The molecule has 0 saturated carbocycles. The molecule has 0 fully saturated rings. The molecule has 104 valence electrons. The van der Waals surface area contributed by atoms with Crippen LogP contribution in [0.3, 0.4) is 0 Å². The fourth-order valence-corrected chi connectivity index (χ4v) is 2.57. The van der Waals surface area contributed by atoms with Crippen molar-refractivity contribution in [3.05, 3.63) is 65.7 Å². The van der Waals surface area contributed by atoms with Gasteiger partial charge in [-0.3, -0.25) is 0 Å². The lowest BCUT2D eigenvalue weighted by Gasteiger charge is -2.06. The summed E-state index contributed by atoms with van der Waals surface area (Å²) in [5, 5.41) is 4.72. The van der Waals surface area contributed by atoms with Crippen LogP contribution in [0.4, 0.5) is 0 Å². The standard InChI is InChI=1S/C19H16O2/c1-13(19(20)21-2)10-16-8-5-9-17-11-14-6-3-4-7-15(14)12-18(16)17/h3-12H,1-2H3. The summed E-state index contributed by atoms with van der Waals surface area (Å²) < 4.78 is 4.76. The van der Waals surface area contributed by atoms with Crippen LogP contribution < -0.4 is 0 Å². The topological polar surface area (TPSA) is 26.3 Å². The molecule has 3 rings (SSSR count). The van der Waals surface area contributed by atoms with Gasteiger partial charge in [-0.25, -0.2) is 4.79 Å². The van der Waals surface area contributed by atoms with Gasteiger partial charge in [-0.15, -0.1) is 0 Å². The highest BCUT2D eigenvalue weighted by Gasteiger charge is 2.06. The van der Waals surface area contributed by atoms with Crippen LogP contribution in [0, 0.1) is 0 Å². The van der Waals surface area contributed by atoms with Crippen LogP contribution in [0.1, 0.15) is 12.5 Å². The van der Waals surface area contributed by atoms with Gasteiger partial charge in [-0.1, -0.05) is 42.5 Å². The van der Waals surface area contributed by atoms with Crippen LogP contribution in [0.2, 0.25) is 0 Å². The Labute approximate surface area is 123 Å². The minimum atomic E-state index is -0.298. The SMILES string of the molecule is COC(=O)C(C)=Cc1cccc2cc3ccccc3cc12. The molecule has 0 bridgehead atoms. The lowest BCUT2D eigenvalue weighted by molar-refractivity contribution is -0.135. The molecule has 0 spiro atoms. The summed E-state index contributed by atoms with van der Waals surface area (Å²) in [6.07, 6.45) is 1.88. The second-order valence-corrected chi connectivity index (χ2v) is 5.09. The highest BCUT2D eigenvalue weighted by Crippen LogP contribution is 2.26. The van der Waals surface area contributed by atoms with Crippen molar-refractivity contribution in [3.63, 3.8) is 0 Å². The van der Waals surface area contributed by atoms with E-state index in [4.69, 9.17) is 4.74 Å². The molecule has 0 N–H and O–H groups in total. The Morgan fingerprint density at radius 1 is 0.952 bits per heavy atom. The van der Waals surface area contributed by atoms with Crippen molar-refractivity contribution in [3.8, 4) is 0 Å².